The van der Waals surface area contributed by atoms with Gasteiger partial charge in [0.25, 0.3) is 11.8 Å². The molecule has 0 spiro atoms. The average molecular weight is 507 g/mol. The number of hydrogen-bond acceptors (Lipinski definition) is 8. The molecular weight excluding hydrogens is 480 g/mol. The molecule has 0 aromatic carbocycles. The Hall–Kier alpha value is -3.77. The Labute approximate surface area is 211 Å². The number of thiophene rings is 1. The van der Waals surface area contributed by atoms with Crippen molar-refractivity contribution in [3.63, 3.8) is 0 Å². The smallest absolute Gasteiger partial charge is 0.326 e. The SMILES string of the molecule is CC1CN(C(=O)c2ccc(-c3cc(NC4CC4)n4ncc(/C=C5\NC(=O)NC5=O)c4n3)s2)CC(C)N1. The van der Waals surface area contributed by atoms with Gasteiger partial charge in [-0.25, -0.2) is 9.78 Å². The standard InChI is InChI=1S/C24H26N8O3S/c1-12-10-31(11-13(2)26-12)23(34)19-6-5-18(36-19)16-8-20(27-15-3-4-15)32-21(28-16)14(9-25-32)7-17-22(33)30-24(35)29-17/h5-9,12-13,15,26-27H,3-4,10-11H2,1-2H3,(H2,29,30,33,35)/b17-7-. The van der Waals surface area contributed by atoms with Gasteiger partial charge in [0.15, 0.2) is 5.65 Å². The van der Waals surface area contributed by atoms with Crippen LogP contribution in [0.4, 0.5) is 10.6 Å². The molecule has 2 unspecified atom stereocenters. The van der Waals surface area contributed by atoms with Crippen LogP contribution in [0.3, 0.4) is 0 Å². The number of piperazine rings is 1. The maximum atomic E-state index is 13.2. The summed E-state index contributed by atoms with van der Waals surface area (Å²) in [5.74, 6) is 0.319. The second-order valence-electron chi connectivity index (χ2n) is 9.59. The normalized spacial score (nSPS) is 23.3. The molecule has 1 aliphatic carbocycles. The Kier molecular flexibility index (Phi) is 5.49. The van der Waals surface area contributed by atoms with Crippen LogP contribution in [0.2, 0.25) is 0 Å². The van der Waals surface area contributed by atoms with E-state index in [2.05, 4.69) is 40.2 Å². The molecule has 3 fully saturated rings. The van der Waals surface area contributed by atoms with Gasteiger partial charge in [-0.05, 0) is 44.9 Å². The van der Waals surface area contributed by atoms with E-state index in [1.807, 2.05) is 23.1 Å². The third-order valence-electron chi connectivity index (χ3n) is 6.36. The minimum absolute atomic E-state index is 0.0293. The molecule has 11 nitrogen and oxygen atoms in total. The van der Waals surface area contributed by atoms with E-state index < -0.39 is 11.9 Å². The van der Waals surface area contributed by atoms with Gasteiger partial charge in [-0.2, -0.15) is 9.61 Å². The summed E-state index contributed by atoms with van der Waals surface area (Å²) in [4.78, 5) is 45.0. The fourth-order valence-electron chi connectivity index (χ4n) is 4.62. The molecule has 186 valence electrons. The largest absolute Gasteiger partial charge is 0.367 e. The number of hydrogen-bond donors (Lipinski definition) is 4. The predicted octanol–water partition coefficient (Wildman–Crippen LogP) is 2.03. The lowest BCUT2D eigenvalue weighted by Crippen LogP contribution is -2.55. The maximum Gasteiger partial charge on any atom is 0.326 e. The number of carbonyl (C=O) groups is 3. The summed E-state index contributed by atoms with van der Waals surface area (Å²) >= 11 is 1.42. The third-order valence-corrected chi connectivity index (χ3v) is 7.46. The summed E-state index contributed by atoms with van der Waals surface area (Å²) in [5, 5.41) is 16.1. The number of nitrogens with zero attached hydrogens (tertiary/aromatic N) is 4. The molecular formula is C24H26N8O3S. The van der Waals surface area contributed by atoms with Crippen LogP contribution < -0.4 is 21.3 Å². The van der Waals surface area contributed by atoms with Crippen molar-refractivity contribution >= 4 is 46.7 Å². The van der Waals surface area contributed by atoms with Crippen LogP contribution >= 0.6 is 11.3 Å². The fraction of sp³-hybridized carbons (Fsp3) is 0.375. The first kappa shape index (κ1) is 22.7. The topological polar surface area (TPSA) is 133 Å². The molecule has 3 aromatic heterocycles. The Morgan fingerprint density at radius 3 is 2.64 bits per heavy atom. The van der Waals surface area contributed by atoms with Crippen molar-refractivity contribution in [3.05, 3.63) is 40.5 Å². The van der Waals surface area contributed by atoms with Crippen LogP contribution in [0.25, 0.3) is 22.3 Å². The summed E-state index contributed by atoms with van der Waals surface area (Å²) < 4.78 is 1.70. The van der Waals surface area contributed by atoms with Crippen molar-refractivity contribution < 1.29 is 14.4 Å². The van der Waals surface area contributed by atoms with Crippen LogP contribution in [0.5, 0.6) is 0 Å². The van der Waals surface area contributed by atoms with E-state index in [0.717, 1.165) is 23.5 Å². The van der Waals surface area contributed by atoms with Crippen molar-refractivity contribution in [2.75, 3.05) is 18.4 Å². The highest BCUT2D eigenvalue weighted by Gasteiger charge is 2.28. The zero-order valence-electron chi connectivity index (χ0n) is 19.9. The molecule has 2 aliphatic heterocycles. The van der Waals surface area contributed by atoms with Gasteiger partial charge in [0.1, 0.15) is 11.5 Å². The number of rotatable bonds is 5. The van der Waals surface area contributed by atoms with Crippen LogP contribution in [0.15, 0.2) is 30.1 Å². The molecule has 2 atom stereocenters. The molecule has 4 amide bonds. The summed E-state index contributed by atoms with van der Waals surface area (Å²) in [5.41, 5.74) is 1.99. The lowest BCUT2D eigenvalue weighted by atomic mass is 10.1. The van der Waals surface area contributed by atoms with Crippen molar-refractivity contribution in [2.45, 2.75) is 44.8 Å². The van der Waals surface area contributed by atoms with Gasteiger partial charge in [0.2, 0.25) is 0 Å². The number of anilines is 1. The molecule has 3 aromatic rings. The zero-order valence-corrected chi connectivity index (χ0v) is 20.7. The quantitative estimate of drug-likeness (QED) is 0.307. The first-order valence-corrected chi connectivity index (χ1v) is 12.8. The molecule has 0 bridgehead atoms. The third kappa shape index (κ3) is 4.33. The number of amides is 4. The highest BCUT2D eigenvalue weighted by atomic mass is 32.1. The number of imide groups is 1. The first-order valence-electron chi connectivity index (χ1n) is 12.0. The van der Waals surface area contributed by atoms with Crippen molar-refractivity contribution in [2.24, 2.45) is 0 Å². The van der Waals surface area contributed by atoms with Gasteiger partial charge in [-0.15, -0.1) is 11.3 Å². The van der Waals surface area contributed by atoms with Crippen LogP contribution in [0, 0.1) is 0 Å². The Balaban J connectivity index is 1.36. The molecule has 3 aliphatic rings. The highest BCUT2D eigenvalue weighted by molar-refractivity contribution is 7.17. The maximum absolute atomic E-state index is 13.2. The molecule has 4 N–H and O–H groups in total. The van der Waals surface area contributed by atoms with Crippen LogP contribution in [-0.4, -0.2) is 68.6 Å². The zero-order chi connectivity index (χ0) is 25.0. The van der Waals surface area contributed by atoms with Gasteiger partial charge >= 0.3 is 6.03 Å². The number of carbonyl (C=O) groups excluding carboxylic acids is 3. The molecule has 0 radical (unpaired) electrons. The summed E-state index contributed by atoms with van der Waals surface area (Å²) in [6.07, 6.45) is 5.35. The van der Waals surface area contributed by atoms with Crippen molar-refractivity contribution in [1.29, 1.82) is 0 Å². The van der Waals surface area contributed by atoms with E-state index in [1.54, 1.807) is 16.8 Å². The lowest BCUT2D eigenvalue weighted by Gasteiger charge is -2.35. The number of nitrogens with one attached hydrogen (secondary N) is 4. The van der Waals surface area contributed by atoms with Crippen molar-refractivity contribution in [1.82, 2.24) is 35.4 Å². The van der Waals surface area contributed by atoms with E-state index in [4.69, 9.17) is 4.98 Å². The van der Waals surface area contributed by atoms with E-state index in [9.17, 15) is 14.4 Å². The predicted molar refractivity (Wildman–Crippen MR) is 136 cm³/mol. The second-order valence-corrected chi connectivity index (χ2v) is 10.7. The molecule has 5 heterocycles. The Morgan fingerprint density at radius 2 is 1.94 bits per heavy atom. The highest BCUT2D eigenvalue weighted by Crippen LogP contribution is 2.33. The fourth-order valence-corrected chi connectivity index (χ4v) is 5.56. The second kappa shape index (κ2) is 8.71. The van der Waals surface area contributed by atoms with E-state index >= 15 is 0 Å². The molecule has 36 heavy (non-hydrogen) atoms. The van der Waals surface area contributed by atoms with Gasteiger partial charge in [0.05, 0.1) is 21.6 Å². The lowest BCUT2D eigenvalue weighted by molar-refractivity contribution is -0.115. The number of fused-ring (bicyclic) bond motifs is 1. The van der Waals surface area contributed by atoms with Gasteiger partial charge in [-0.3, -0.25) is 14.9 Å². The monoisotopic (exact) mass is 506 g/mol. The summed E-state index contributed by atoms with van der Waals surface area (Å²) in [7, 11) is 0. The van der Waals surface area contributed by atoms with Crippen LogP contribution in [-0.2, 0) is 4.79 Å². The minimum atomic E-state index is -0.559. The Bertz CT molecular complexity index is 1410. The molecule has 2 saturated heterocycles. The Morgan fingerprint density at radius 1 is 1.17 bits per heavy atom. The molecule has 12 heteroatoms. The molecule has 1 saturated carbocycles. The van der Waals surface area contributed by atoms with Crippen LogP contribution in [0.1, 0.15) is 41.9 Å². The van der Waals surface area contributed by atoms with Gasteiger partial charge < -0.3 is 20.9 Å². The van der Waals surface area contributed by atoms with Crippen molar-refractivity contribution in [3.8, 4) is 10.6 Å². The van der Waals surface area contributed by atoms with E-state index in [1.165, 1.54) is 11.3 Å². The summed E-state index contributed by atoms with van der Waals surface area (Å²) in [6, 6.07) is 6.04. The average Bonchev–Trinajstić information content (AvgIpc) is 3.22. The first-order chi connectivity index (χ1) is 17.3. The minimum Gasteiger partial charge on any atom is -0.367 e. The summed E-state index contributed by atoms with van der Waals surface area (Å²) in [6.45, 7) is 5.52. The number of aromatic nitrogens is 3. The van der Waals surface area contributed by atoms with E-state index in [0.29, 0.717) is 40.9 Å². The number of urea groups is 1. The van der Waals surface area contributed by atoms with Gasteiger partial charge in [0, 0.05) is 42.8 Å². The van der Waals surface area contributed by atoms with Gasteiger partial charge in [-0.1, -0.05) is 0 Å². The van der Waals surface area contributed by atoms with E-state index in [-0.39, 0.29) is 23.7 Å². The molecule has 6 rings (SSSR count).